The molecule has 1 heterocycles. The third-order valence-corrected chi connectivity index (χ3v) is 5.96. The second-order valence-electron chi connectivity index (χ2n) is 8.08. The van der Waals surface area contributed by atoms with Crippen molar-refractivity contribution >= 4 is 18.0 Å². The number of carbonyl (C=O) groups excluding carboxylic acids is 2. The number of alkyl carbamates (subject to hydrolysis) is 1. The van der Waals surface area contributed by atoms with Gasteiger partial charge in [0, 0.05) is 12.5 Å². The molecule has 0 saturated carbocycles. The molecule has 168 valence electrons. The lowest BCUT2D eigenvalue weighted by atomic mass is 9.98. The van der Waals surface area contributed by atoms with Gasteiger partial charge < -0.3 is 24.8 Å². The van der Waals surface area contributed by atoms with Gasteiger partial charge in [-0.05, 0) is 29.2 Å². The zero-order chi connectivity index (χ0) is 22.7. The van der Waals surface area contributed by atoms with Crippen molar-refractivity contribution in [3.05, 3.63) is 59.7 Å². The van der Waals surface area contributed by atoms with Crippen molar-refractivity contribution in [2.24, 2.45) is 0 Å². The van der Waals surface area contributed by atoms with Crippen molar-refractivity contribution in [3.63, 3.8) is 0 Å². The lowest BCUT2D eigenvalue weighted by Gasteiger charge is -2.35. The maximum absolute atomic E-state index is 12.9. The smallest absolute Gasteiger partial charge is 0.407 e. The number of amides is 2. The summed E-state index contributed by atoms with van der Waals surface area (Å²) < 4.78 is 10.8. The molecule has 0 bridgehead atoms. The minimum Gasteiger partial charge on any atom is -0.481 e. The molecule has 1 unspecified atom stereocenters. The van der Waals surface area contributed by atoms with Crippen LogP contribution in [0.25, 0.3) is 11.1 Å². The molecule has 1 saturated heterocycles. The number of hydrogen-bond acceptors (Lipinski definition) is 5. The molecule has 8 heteroatoms. The number of nitrogens with zero attached hydrogens (tertiary/aromatic N) is 1. The lowest BCUT2D eigenvalue weighted by Crippen LogP contribution is -2.55. The maximum atomic E-state index is 12.9. The van der Waals surface area contributed by atoms with E-state index in [-0.39, 0.29) is 18.6 Å². The summed E-state index contributed by atoms with van der Waals surface area (Å²) in [5.41, 5.74) is 4.36. The second-order valence-corrected chi connectivity index (χ2v) is 8.08. The van der Waals surface area contributed by atoms with Gasteiger partial charge in [-0.2, -0.15) is 0 Å². The molecule has 2 amide bonds. The topological polar surface area (TPSA) is 105 Å². The lowest BCUT2D eigenvalue weighted by molar-refractivity contribution is -0.146. The monoisotopic (exact) mass is 438 g/mol. The fourth-order valence-electron chi connectivity index (χ4n) is 4.41. The predicted molar refractivity (Wildman–Crippen MR) is 116 cm³/mol. The highest BCUT2D eigenvalue weighted by Gasteiger charge is 2.33. The Morgan fingerprint density at radius 1 is 1.12 bits per heavy atom. The minimum atomic E-state index is -1.20. The van der Waals surface area contributed by atoms with Crippen LogP contribution in [-0.4, -0.2) is 66.4 Å². The first kappa shape index (κ1) is 21.8. The molecular weight excluding hydrogens is 412 g/mol. The second kappa shape index (κ2) is 9.40. The van der Waals surface area contributed by atoms with Crippen molar-refractivity contribution < 1.29 is 29.0 Å². The molecule has 8 nitrogen and oxygen atoms in total. The van der Waals surface area contributed by atoms with Crippen LogP contribution in [0, 0.1) is 0 Å². The van der Waals surface area contributed by atoms with Gasteiger partial charge in [-0.15, -0.1) is 0 Å². The molecule has 2 aromatic rings. The highest BCUT2D eigenvalue weighted by molar-refractivity contribution is 5.89. The molecule has 0 spiro atoms. The van der Waals surface area contributed by atoms with Crippen LogP contribution in [0.2, 0.25) is 0 Å². The highest BCUT2D eigenvalue weighted by atomic mass is 16.5. The Morgan fingerprint density at radius 2 is 1.75 bits per heavy atom. The van der Waals surface area contributed by atoms with E-state index in [4.69, 9.17) is 9.47 Å². The Labute approximate surface area is 186 Å². The number of carboxylic acids is 1. The predicted octanol–water partition coefficient (Wildman–Crippen LogP) is 2.62. The third kappa shape index (κ3) is 4.45. The molecule has 0 aromatic heterocycles. The summed E-state index contributed by atoms with van der Waals surface area (Å²) in [6.07, 6.45) is -1.33. The summed E-state index contributed by atoms with van der Waals surface area (Å²) in [6, 6.07) is 14.5. The zero-order valence-electron chi connectivity index (χ0n) is 17.8. The van der Waals surface area contributed by atoms with Crippen LogP contribution in [0.3, 0.4) is 0 Å². The van der Waals surface area contributed by atoms with E-state index in [0.717, 1.165) is 22.3 Å². The van der Waals surface area contributed by atoms with E-state index in [1.165, 1.54) is 0 Å². The summed E-state index contributed by atoms with van der Waals surface area (Å²) in [4.78, 5) is 38.3. The van der Waals surface area contributed by atoms with Gasteiger partial charge in [0.25, 0.3) is 0 Å². The molecule has 1 aliphatic carbocycles. The van der Waals surface area contributed by atoms with Crippen LogP contribution in [0.4, 0.5) is 4.79 Å². The highest BCUT2D eigenvalue weighted by Crippen LogP contribution is 2.44. The van der Waals surface area contributed by atoms with Gasteiger partial charge >= 0.3 is 12.1 Å². The number of rotatable bonds is 6. The fraction of sp³-hybridized carbons (Fsp3) is 0.375. The Balaban J connectivity index is 1.44. The number of carboxylic acid groups (broad SMARTS) is 1. The number of nitrogens with one attached hydrogen (secondary N) is 1. The zero-order valence-corrected chi connectivity index (χ0v) is 17.8. The Hall–Kier alpha value is -3.39. The number of ether oxygens (including phenoxy) is 2. The third-order valence-electron chi connectivity index (χ3n) is 5.96. The molecular formula is C24H26N2O6. The molecule has 2 N–H and O–H groups in total. The average Bonchev–Trinajstić information content (AvgIpc) is 3.10. The standard InChI is InChI=1S/C24H26N2O6/c1-15-13-31-11-10-26(15)23(29)21(12-22(27)28)25-24(30)32-14-20-18-8-4-2-6-16(18)17-7-3-5-9-19(17)20/h2-9,15,20-21H,10-14H2,1H3,(H,25,30)(H,27,28)/t15-,21?/m1/s1. The van der Waals surface area contributed by atoms with Crippen LogP contribution in [-0.2, 0) is 19.1 Å². The van der Waals surface area contributed by atoms with E-state index < -0.39 is 30.4 Å². The van der Waals surface area contributed by atoms with Crippen LogP contribution >= 0.6 is 0 Å². The minimum absolute atomic E-state index is 0.0851. The van der Waals surface area contributed by atoms with Crippen LogP contribution < -0.4 is 5.32 Å². The van der Waals surface area contributed by atoms with E-state index in [9.17, 15) is 19.5 Å². The summed E-state index contributed by atoms with van der Waals surface area (Å²) in [5, 5.41) is 11.7. The van der Waals surface area contributed by atoms with Gasteiger partial charge in [0.2, 0.25) is 5.91 Å². The van der Waals surface area contributed by atoms with E-state index in [2.05, 4.69) is 5.32 Å². The Bertz CT molecular complexity index is 978. The van der Waals surface area contributed by atoms with Gasteiger partial charge in [0.15, 0.2) is 0 Å². The van der Waals surface area contributed by atoms with Crippen molar-refractivity contribution in [2.75, 3.05) is 26.4 Å². The molecule has 1 aliphatic heterocycles. The number of benzene rings is 2. The molecule has 4 rings (SSSR count). The van der Waals surface area contributed by atoms with Crippen LogP contribution in [0.15, 0.2) is 48.5 Å². The summed E-state index contributed by atoms with van der Waals surface area (Å²) in [6.45, 7) is 3.00. The van der Waals surface area contributed by atoms with E-state index in [1.54, 1.807) is 4.90 Å². The van der Waals surface area contributed by atoms with Crippen molar-refractivity contribution in [1.82, 2.24) is 10.2 Å². The van der Waals surface area contributed by atoms with Crippen molar-refractivity contribution in [2.45, 2.75) is 31.3 Å². The first-order valence-electron chi connectivity index (χ1n) is 10.7. The largest absolute Gasteiger partial charge is 0.481 e. The fourth-order valence-corrected chi connectivity index (χ4v) is 4.41. The van der Waals surface area contributed by atoms with E-state index in [1.807, 2.05) is 55.5 Å². The molecule has 2 aromatic carbocycles. The Morgan fingerprint density at radius 3 is 2.34 bits per heavy atom. The number of fused-ring (bicyclic) bond motifs is 3. The molecule has 2 aliphatic rings. The van der Waals surface area contributed by atoms with Crippen LogP contribution in [0.1, 0.15) is 30.4 Å². The van der Waals surface area contributed by atoms with Crippen LogP contribution in [0.5, 0.6) is 0 Å². The maximum Gasteiger partial charge on any atom is 0.407 e. The molecule has 1 fully saturated rings. The molecule has 0 radical (unpaired) electrons. The van der Waals surface area contributed by atoms with E-state index in [0.29, 0.717) is 19.8 Å². The summed E-state index contributed by atoms with van der Waals surface area (Å²) in [5.74, 6) is -1.75. The first-order valence-corrected chi connectivity index (χ1v) is 10.7. The number of aliphatic carboxylic acids is 1. The SMILES string of the molecule is C[C@@H]1COCCN1C(=O)C(CC(=O)O)NC(=O)OCC1c2ccccc2-c2ccccc21. The van der Waals surface area contributed by atoms with Gasteiger partial charge in [-0.1, -0.05) is 48.5 Å². The number of carbonyl (C=O) groups is 3. The average molecular weight is 438 g/mol. The molecule has 32 heavy (non-hydrogen) atoms. The Kier molecular flexibility index (Phi) is 6.41. The normalized spacial score (nSPS) is 18.4. The summed E-state index contributed by atoms with van der Waals surface area (Å²) in [7, 11) is 0. The first-order chi connectivity index (χ1) is 15.5. The van der Waals surface area contributed by atoms with Gasteiger partial charge in [0.05, 0.1) is 25.7 Å². The van der Waals surface area contributed by atoms with Gasteiger partial charge in [-0.25, -0.2) is 4.79 Å². The van der Waals surface area contributed by atoms with Crippen molar-refractivity contribution in [1.29, 1.82) is 0 Å². The number of morpholine rings is 1. The van der Waals surface area contributed by atoms with E-state index >= 15 is 0 Å². The summed E-state index contributed by atoms with van der Waals surface area (Å²) >= 11 is 0. The quantitative estimate of drug-likeness (QED) is 0.718. The van der Waals surface area contributed by atoms with Gasteiger partial charge in [0.1, 0.15) is 12.6 Å². The van der Waals surface area contributed by atoms with Gasteiger partial charge in [-0.3, -0.25) is 9.59 Å². The number of hydrogen-bond donors (Lipinski definition) is 2. The van der Waals surface area contributed by atoms with Crippen molar-refractivity contribution in [3.8, 4) is 11.1 Å². The molecule has 2 atom stereocenters.